The summed E-state index contributed by atoms with van der Waals surface area (Å²) in [6.07, 6.45) is 0.154. The van der Waals surface area contributed by atoms with E-state index in [1.165, 1.54) is 22.5 Å². The smallest absolute Gasteiger partial charge is 0.207 e. The molecule has 0 saturated carbocycles. The predicted molar refractivity (Wildman–Crippen MR) is 79.7 cm³/mol. The standard InChI is InChI=1S/C15H19N3O2S/c1-12(2)11-18(8-4-7-16)21(19,20)15-6-5-14(10-17)13(3)9-15/h5-6,9,12H,4,8,11H2,1-3H3. The van der Waals surface area contributed by atoms with E-state index in [0.717, 1.165) is 0 Å². The van der Waals surface area contributed by atoms with Gasteiger partial charge in [-0.2, -0.15) is 14.8 Å². The van der Waals surface area contributed by atoms with E-state index in [4.69, 9.17) is 10.5 Å². The molecule has 0 spiro atoms. The molecule has 0 bridgehead atoms. The largest absolute Gasteiger partial charge is 0.243 e. The quantitative estimate of drug-likeness (QED) is 0.807. The summed E-state index contributed by atoms with van der Waals surface area (Å²) in [5.41, 5.74) is 1.09. The molecule has 0 aromatic heterocycles. The fourth-order valence-electron chi connectivity index (χ4n) is 1.96. The lowest BCUT2D eigenvalue weighted by Gasteiger charge is -2.23. The van der Waals surface area contributed by atoms with Gasteiger partial charge in [-0.1, -0.05) is 13.8 Å². The van der Waals surface area contributed by atoms with Crippen molar-refractivity contribution in [2.24, 2.45) is 5.92 Å². The Bertz CT molecular complexity index is 682. The van der Waals surface area contributed by atoms with E-state index in [-0.39, 0.29) is 23.8 Å². The summed E-state index contributed by atoms with van der Waals surface area (Å²) in [4.78, 5) is 0.164. The van der Waals surface area contributed by atoms with Gasteiger partial charge in [-0.3, -0.25) is 0 Å². The van der Waals surface area contributed by atoms with Crippen molar-refractivity contribution >= 4 is 10.0 Å². The van der Waals surface area contributed by atoms with Crippen LogP contribution >= 0.6 is 0 Å². The molecule has 0 aliphatic heterocycles. The Hall–Kier alpha value is -1.89. The normalized spacial score (nSPS) is 11.4. The number of rotatable bonds is 6. The van der Waals surface area contributed by atoms with Gasteiger partial charge in [0.2, 0.25) is 10.0 Å². The third-order valence-electron chi connectivity index (χ3n) is 3.00. The van der Waals surface area contributed by atoms with Crippen LogP contribution in [0.25, 0.3) is 0 Å². The van der Waals surface area contributed by atoms with Gasteiger partial charge >= 0.3 is 0 Å². The second-order valence-corrected chi connectivity index (χ2v) is 7.19. The van der Waals surface area contributed by atoms with E-state index in [0.29, 0.717) is 17.7 Å². The van der Waals surface area contributed by atoms with Crippen LogP contribution in [-0.2, 0) is 10.0 Å². The minimum atomic E-state index is -3.64. The summed E-state index contributed by atoms with van der Waals surface area (Å²) >= 11 is 0. The van der Waals surface area contributed by atoms with Gasteiger partial charge in [0.15, 0.2) is 0 Å². The maximum Gasteiger partial charge on any atom is 0.243 e. The average Bonchev–Trinajstić information content (AvgIpc) is 2.42. The van der Waals surface area contributed by atoms with Gasteiger partial charge in [-0.05, 0) is 36.6 Å². The van der Waals surface area contributed by atoms with Crippen LogP contribution in [0.1, 0.15) is 31.4 Å². The lowest BCUT2D eigenvalue weighted by Crippen LogP contribution is -2.35. The number of sulfonamides is 1. The molecule has 0 atom stereocenters. The van der Waals surface area contributed by atoms with Gasteiger partial charge in [0.05, 0.1) is 22.6 Å². The molecule has 21 heavy (non-hydrogen) atoms. The minimum Gasteiger partial charge on any atom is -0.207 e. The Morgan fingerprint density at radius 1 is 1.29 bits per heavy atom. The molecular formula is C15H19N3O2S. The Kier molecular flexibility index (Phi) is 5.90. The van der Waals surface area contributed by atoms with Crippen LogP contribution in [0.5, 0.6) is 0 Å². The van der Waals surface area contributed by atoms with Crippen molar-refractivity contribution in [3.05, 3.63) is 29.3 Å². The Morgan fingerprint density at radius 3 is 2.43 bits per heavy atom. The van der Waals surface area contributed by atoms with E-state index in [1.54, 1.807) is 6.92 Å². The first kappa shape index (κ1) is 17.2. The summed E-state index contributed by atoms with van der Waals surface area (Å²) in [6, 6.07) is 8.46. The van der Waals surface area contributed by atoms with E-state index in [9.17, 15) is 8.42 Å². The molecule has 112 valence electrons. The van der Waals surface area contributed by atoms with Crippen LogP contribution < -0.4 is 0 Å². The van der Waals surface area contributed by atoms with Crippen LogP contribution in [0.15, 0.2) is 23.1 Å². The van der Waals surface area contributed by atoms with Gasteiger partial charge in [0.1, 0.15) is 0 Å². The zero-order valence-electron chi connectivity index (χ0n) is 12.5. The Labute approximate surface area is 126 Å². The number of aryl methyl sites for hydroxylation is 1. The highest BCUT2D eigenvalue weighted by Crippen LogP contribution is 2.20. The number of benzene rings is 1. The highest BCUT2D eigenvalue weighted by molar-refractivity contribution is 7.89. The van der Waals surface area contributed by atoms with E-state index >= 15 is 0 Å². The molecule has 6 heteroatoms. The molecule has 1 rings (SSSR count). The molecule has 0 unspecified atom stereocenters. The molecule has 0 amide bonds. The molecule has 0 N–H and O–H groups in total. The fourth-order valence-corrected chi connectivity index (χ4v) is 3.65. The average molecular weight is 305 g/mol. The van der Waals surface area contributed by atoms with Crippen LogP contribution in [0.3, 0.4) is 0 Å². The first-order chi connectivity index (χ1) is 9.82. The maximum absolute atomic E-state index is 12.7. The fraction of sp³-hybridized carbons (Fsp3) is 0.467. The van der Waals surface area contributed by atoms with Gasteiger partial charge in [0, 0.05) is 19.5 Å². The molecule has 0 aliphatic carbocycles. The minimum absolute atomic E-state index is 0.154. The van der Waals surface area contributed by atoms with Crippen LogP contribution in [0, 0.1) is 35.5 Å². The van der Waals surface area contributed by atoms with E-state index in [1.807, 2.05) is 26.0 Å². The van der Waals surface area contributed by atoms with E-state index < -0.39 is 10.0 Å². The van der Waals surface area contributed by atoms with Crippen molar-refractivity contribution in [2.75, 3.05) is 13.1 Å². The SMILES string of the molecule is Cc1cc(S(=O)(=O)N(CCC#N)CC(C)C)ccc1C#N. The molecule has 0 fully saturated rings. The van der Waals surface area contributed by atoms with E-state index in [2.05, 4.69) is 0 Å². The summed E-state index contributed by atoms with van der Waals surface area (Å²) in [7, 11) is -3.64. The molecule has 0 saturated heterocycles. The first-order valence-corrected chi connectivity index (χ1v) is 8.14. The second-order valence-electron chi connectivity index (χ2n) is 5.25. The number of hydrogen-bond acceptors (Lipinski definition) is 4. The maximum atomic E-state index is 12.7. The first-order valence-electron chi connectivity index (χ1n) is 6.70. The topological polar surface area (TPSA) is 85.0 Å². The summed E-state index contributed by atoms with van der Waals surface area (Å²) in [5.74, 6) is 0.165. The Balaban J connectivity index is 3.19. The van der Waals surface area contributed by atoms with Crippen LogP contribution in [0.2, 0.25) is 0 Å². The highest BCUT2D eigenvalue weighted by Gasteiger charge is 2.25. The highest BCUT2D eigenvalue weighted by atomic mass is 32.2. The summed E-state index contributed by atoms with van der Waals surface area (Å²) in [5, 5.41) is 17.6. The summed E-state index contributed by atoms with van der Waals surface area (Å²) in [6.45, 7) is 6.11. The van der Waals surface area contributed by atoms with Crippen molar-refractivity contribution in [1.82, 2.24) is 4.31 Å². The molecular weight excluding hydrogens is 286 g/mol. The monoisotopic (exact) mass is 305 g/mol. The second kappa shape index (κ2) is 7.21. The van der Waals surface area contributed by atoms with Gasteiger partial charge in [-0.15, -0.1) is 0 Å². The van der Waals surface area contributed by atoms with Crippen molar-refractivity contribution < 1.29 is 8.42 Å². The Morgan fingerprint density at radius 2 is 1.95 bits per heavy atom. The molecule has 1 aromatic rings. The van der Waals surface area contributed by atoms with Gasteiger partial charge in [0.25, 0.3) is 0 Å². The van der Waals surface area contributed by atoms with Crippen LogP contribution in [0.4, 0.5) is 0 Å². The molecule has 5 nitrogen and oxygen atoms in total. The third-order valence-corrected chi connectivity index (χ3v) is 4.86. The molecule has 0 heterocycles. The predicted octanol–water partition coefficient (Wildman–Crippen LogP) is 2.43. The molecule has 0 radical (unpaired) electrons. The number of nitrogens with zero attached hydrogens (tertiary/aromatic N) is 3. The lowest BCUT2D eigenvalue weighted by atomic mass is 10.1. The summed E-state index contributed by atoms with van der Waals surface area (Å²) < 4.78 is 26.7. The van der Waals surface area contributed by atoms with Crippen molar-refractivity contribution in [3.8, 4) is 12.1 Å². The van der Waals surface area contributed by atoms with Gasteiger partial charge < -0.3 is 0 Å². The third kappa shape index (κ3) is 4.29. The molecule has 0 aliphatic rings. The lowest BCUT2D eigenvalue weighted by molar-refractivity contribution is 0.373. The number of hydrogen-bond donors (Lipinski definition) is 0. The van der Waals surface area contributed by atoms with Crippen molar-refractivity contribution in [1.29, 1.82) is 10.5 Å². The molecule has 1 aromatic carbocycles. The van der Waals surface area contributed by atoms with Crippen molar-refractivity contribution in [3.63, 3.8) is 0 Å². The van der Waals surface area contributed by atoms with Crippen LogP contribution in [-0.4, -0.2) is 25.8 Å². The van der Waals surface area contributed by atoms with Gasteiger partial charge in [-0.25, -0.2) is 8.42 Å². The number of nitriles is 2. The zero-order valence-corrected chi connectivity index (χ0v) is 13.3. The zero-order chi connectivity index (χ0) is 16.0. The van der Waals surface area contributed by atoms with Crippen molar-refractivity contribution in [2.45, 2.75) is 32.1 Å².